The molecule has 0 bridgehead atoms. The topological polar surface area (TPSA) is 3.24 Å². The number of hydrogen-bond donors (Lipinski definition) is 0. The molecule has 1 aromatic carbocycles. The number of allylic oxidation sites excluding steroid dienone is 1. The third kappa shape index (κ3) is 1.69. The summed E-state index contributed by atoms with van der Waals surface area (Å²) in [5.74, 6) is 1.60. The van der Waals surface area contributed by atoms with E-state index in [9.17, 15) is 0 Å². The zero-order chi connectivity index (χ0) is 11.0. The third-order valence-corrected chi connectivity index (χ3v) is 4.07. The highest BCUT2D eigenvalue weighted by atomic mass is 15.1. The van der Waals surface area contributed by atoms with E-state index in [1.807, 2.05) is 0 Å². The summed E-state index contributed by atoms with van der Waals surface area (Å²) < 4.78 is 0. The van der Waals surface area contributed by atoms with Crippen LogP contribution >= 0.6 is 0 Å². The van der Waals surface area contributed by atoms with Gasteiger partial charge in [-0.15, -0.1) is 0 Å². The third-order valence-electron chi connectivity index (χ3n) is 4.07. The highest BCUT2D eigenvalue weighted by Gasteiger charge is 2.30. The van der Waals surface area contributed by atoms with Gasteiger partial charge in [0.2, 0.25) is 0 Å². The average molecular weight is 213 g/mol. The van der Waals surface area contributed by atoms with Crippen LogP contribution in [-0.4, -0.2) is 25.0 Å². The van der Waals surface area contributed by atoms with Gasteiger partial charge in [-0.1, -0.05) is 36.4 Å². The van der Waals surface area contributed by atoms with E-state index in [0.29, 0.717) is 0 Å². The minimum absolute atomic E-state index is 0.780. The summed E-state index contributed by atoms with van der Waals surface area (Å²) in [7, 11) is 2.25. The second-order valence-electron chi connectivity index (χ2n) is 5.18. The van der Waals surface area contributed by atoms with Crippen molar-refractivity contribution in [2.45, 2.75) is 18.8 Å². The molecule has 1 aromatic rings. The van der Waals surface area contributed by atoms with Crippen LogP contribution in [0.1, 0.15) is 29.9 Å². The Labute approximate surface area is 97.8 Å². The number of nitrogens with zero attached hydrogens (tertiary/aromatic N) is 1. The molecule has 2 atom stereocenters. The van der Waals surface area contributed by atoms with E-state index < -0.39 is 0 Å². The van der Waals surface area contributed by atoms with Crippen LogP contribution in [-0.2, 0) is 0 Å². The predicted octanol–water partition coefficient (Wildman–Crippen LogP) is 3.14. The molecule has 0 spiro atoms. The monoisotopic (exact) mass is 213 g/mol. The molecule has 3 rings (SSSR count). The molecule has 1 aliphatic heterocycles. The molecule has 2 aliphatic rings. The van der Waals surface area contributed by atoms with E-state index in [0.717, 1.165) is 11.8 Å². The Kier molecular flexibility index (Phi) is 2.56. The van der Waals surface area contributed by atoms with Crippen LogP contribution < -0.4 is 0 Å². The second kappa shape index (κ2) is 4.06. The Morgan fingerprint density at radius 2 is 2.12 bits per heavy atom. The molecule has 1 heterocycles. The van der Waals surface area contributed by atoms with Crippen LogP contribution in [0, 0.1) is 5.92 Å². The van der Waals surface area contributed by atoms with Crippen LogP contribution in [0.3, 0.4) is 0 Å². The van der Waals surface area contributed by atoms with Gasteiger partial charge in [-0.25, -0.2) is 0 Å². The van der Waals surface area contributed by atoms with Gasteiger partial charge in [0.1, 0.15) is 0 Å². The van der Waals surface area contributed by atoms with Crippen molar-refractivity contribution < 1.29 is 0 Å². The van der Waals surface area contributed by atoms with Crippen LogP contribution in [0.15, 0.2) is 30.3 Å². The molecule has 0 saturated carbocycles. The Bertz CT molecular complexity index is 408. The number of likely N-dealkylation sites (tertiary alicyclic amines) is 1. The van der Waals surface area contributed by atoms with Gasteiger partial charge < -0.3 is 4.90 Å². The fourth-order valence-electron chi connectivity index (χ4n) is 3.23. The smallest absolute Gasteiger partial charge is 0.00154 e. The summed E-state index contributed by atoms with van der Waals surface area (Å²) in [6, 6.07) is 8.92. The van der Waals surface area contributed by atoms with Gasteiger partial charge in [-0.3, -0.25) is 0 Å². The summed E-state index contributed by atoms with van der Waals surface area (Å²) in [5.41, 5.74) is 3.02. The van der Waals surface area contributed by atoms with Crippen molar-refractivity contribution in [3.8, 4) is 0 Å². The first-order valence-corrected chi connectivity index (χ1v) is 6.28. The quantitative estimate of drug-likeness (QED) is 0.640. The molecule has 1 saturated heterocycles. The van der Waals surface area contributed by atoms with Crippen molar-refractivity contribution in [3.05, 3.63) is 41.5 Å². The number of rotatable bonds is 0. The van der Waals surface area contributed by atoms with Gasteiger partial charge in [0, 0.05) is 6.54 Å². The molecule has 1 heteroatoms. The maximum Gasteiger partial charge on any atom is 0.00154 e. The highest BCUT2D eigenvalue weighted by Crippen LogP contribution is 2.38. The first kappa shape index (κ1) is 10.1. The Morgan fingerprint density at radius 3 is 3.06 bits per heavy atom. The lowest BCUT2D eigenvalue weighted by Gasteiger charge is -2.36. The summed E-state index contributed by atoms with van der Waals surface area (Å²) in [6.45, 7) is 2.50. The summed E-state index contributed by atoms with van der Waals surface area (Å²) in [5, 5.41) is 0. The van der Waals surface area contributed by atoms with Gasteiger partial charge in [0.05, 0.1) is 0 Å². The van der Waals surface area contributed by atoms with Crippen molar-refractivity contribution in [1.82, 2.24) is 4.90 Å². The first-order chi connectivity index (χ1) is 7.84. The van der Waals surface area contributed by atoms with Gasteiger partial charge >= 0.3 is 0 Å². The van der Waals surface area contributed by atoms with Gasteiger partial charge in [-0.05, 0) is 49.4 Å². The van der Waals surface area contributed by atoms with Crippen molar-refractivity contribution >= 4 is 6.08 Å². The van der Waals surface area contributed by atoms with Crippen molar-refractivity contribution in [2.24, 2.45) is 5.92 Å². The normalized spacial score (nSPS) is 29.3. The second-order valence-corrected chi connectivity index (χ2v) is 5.18. The molecule has 84 valence electrons. The SMILES string of the molecule is CN1CCC2c3ccccc3C=CCC2C1. The van der Waals surface area contributed by atoms with Gasteiger partial charge in [-0.2, -0.15) is 0 Å². The molecule has 0 aromatic heterocycles. The summed E-state index contributed by atoms with van der Waals surface area (Å²) in [6.07, 6.45) is 7.24. The zero-order valence-electron chi connectivity index (χ0n) is 9.89. The maximum atomic E-state index is 2.48. The Hall–Kier alpha value is -1.08. The molecular weight excluding hydrogens is 194 g/mol. The predicted molar refractivity (Wildman–Crippen MR) is 68.4 cm³/mol. The average Bonchev–Trinajstić information content (AvgIpc) is 2.47. The van der Waals surface area contributed by atoms with Crippen LogP contribution in [0.5, 0.6) is 0 Å². The molecule has 16 heavy (non-hydrogen) atoms. The number of fused-ring (bicyclic) bond motifs is 3. The lowest BCUT2D eigenvalue weighted by molar-refractivity contribution is 0.185. The number of benzene rings is 1. The largest absolute Gasteiger partial charge is 0.306 e. The van der Waals surface area contributed by atoms with Crippen LogP contribution in [0.4, 0.5) is 0 Å². The van der Waals surface area contributed by atoms with Gasteiger partial charge in [0.25, 0.3) is 0 Å². The summed E-state index contributed by atoms with van der Waals surface area (Å²) in [4.78, 5) is 2.48. The van der Waals surface area contributed by atoms with Crippen LogP contribution in [0.25, 0.3) is 6.08 Å². The van der Waals surface area contributed by atoms with E-state index in [1.54, 1.807) is 5.56 Å². The fraction of sp³-hybridized carbons (Fsp3) is 0.467. The first-order valence-electron chi connectivity index (χ1n) is 6.28. The highest BCUT2D eigenvalue weighted by molar-refractivity contribution is 5.56. The van der Waals surface area contributed by atoms with Crippen molar-refractivity contribution in [3.63, 3.8) is 0 Å². The van der Waals surface area contributed by atoms with E-state index in [2.05, 4.69) is 48.4 Å². The van der Waals surface area contributed by atoms with Crippen LogP contribution in [0.2, 0.25) is 0 Å². The lowest BCUT2D eigenvalue weighted by atomic mass is 9.79. The standard InChI is InChI=1S/C15H19N/c1-16-10-9-15-13(11-16)7-4-6-12-5-2-3-8-14(12)15/h2-6,8,13,15H,7,9-11H2,1H3. The molecule has 1 fully saturated rings. The van der Waals surface area contributed by atoms with E-state index in [1.165, 1.54) is 31.5 Å². The minimum atomic E-state index is 0.780. The fourth-order valence-corrected chi connectivity index (χ4v) is 3.23. The Morgan fingerprint density at radius 1 is 1.25 bits per heavy atom. The van der Waals surface area contributed by atoms with Crippen molar-refractivity contribution in [2.75, 3.05) is 20.1 Å². The minimum Gasteiger partial charge on any atom is -0.306 e. The van der Waals surface area contributed by atoms with E-state index in [4.69, 9.17) is 0 Å². The van der Waals surface area contributed by atoms with Gasteiger partial charge in [0.15, 0.2) is 0 Å². The molecule has 0 amide bonds. The summed E-state index contributed by atoms with van der Waals surface area (Å²) >= 11 is 0. The number of piperidine rings is 1. The molecular formula is C15H19N. The molecule has 0 radical (unpaired) electrons. The zero-order valence-corrected chi connectivity index (χ0v) is 9.89. The molecule has 1 aliphatic carbocycles. The van der Waals surface area contributed by atoms with E-state index in [-0.39, 0.29) is 0 Å². The van der Waals surface area contributed by atoms with Crippen molar-refractivity contribution in [1.29, 1.82) is 0 Å². The molecule has 0 N–H and O–H groups in total. The lowest BCUT2D eigenvalue weighted by Crippen LogP contribution is -2.36. The molecule has 2 unspecified atom stereocenters. The Balaban J connectivity index is 1.99. The maximum absolute atomic E-state index is 2.48. The van der Waals surface area contributed by atoms with E-state index >= 15 is 0 Å². The number of hydrogen-bond acceptors (Lipinski definition) is 1. The molecule has 1 nitrogen and oxygen atoms in total.